The first-order valence-electron chi connectivity index (χ1n) is 7.16. The number of carbonyl (C=O) groups is 2. The highest BCUT2D eigenvalue weighted by Crippen LogP contribution is 2.27. The number of aryl methyl sites for hydroxylation is 1. The highest BCUT2D eigenvalue weighted by atomic mass is 32.1. The molecular weight excluding hydrogens is 298 g/mol. The van der Waals surface area contributed by atoms with Crippen LogP contribution < -0.4 is 10.6 Å². The standard InChI is InChI=1S/C16H21N3O2S/c1-9-7-6-8-11-12(9)18-15(22-11)19-13(20)10(2)17-14(21)16(3,4)5/h6-8,10H,1-5H3,(H,17,21)(H,18,19,20). The lowest BCUT2D eigenvalue weighted by Gasteiger charge is -2.21. The average Bonchev–Trinajstić information content (AvgIpc) is 2.81. The zero-order chi connectivity index (χ0) is 16.5. The van der Waals surface area contributed by atoms with Crippen molar-refractivity contribution in [3.63, 3.8) is 0 Å². The molecule has 2 rings (SSSR count). The SMILES string of the molecule is Cc1cccc2sc(NC(=O)C(C)NC(=O)C(C)(C)C)nc12. The van der Waals surface area contributed by atoms with E-state index in [1.54, 1.807) is 6.92 Å². The van der Waals surface area contributed by atoms with Gasteiger partial charge in [0.05, 0.1) is 10.2 Å². The average molecular weight is 319 g/mol. The molecule has 1 unspecified atom stereocenters. The van der Waals surface area contributed by atoms with Gasteiger partial charge >= 0.3 is 0 Å². The molecule has 2 amide bonds. The van der Waals surface area contributed by atoms with Gasteiger partial charge in [-0.05, 0) is 25.5 Å². The summed E-state index contributed by atoms with van der Waals surface area (Å²) in [6, 6.07) is 5.31. The third-order valence-electron chi connectivity index (χ3n) is 3.27. The van der Waals surface area contributed by atoms with E-state index in [9.17, 15) is 9.59 Å². The molecule has 22 heavy (non-hydrogen) atoms. The van der Waals surface area contributed by atoms with E-state index in [4.69, 9.17) is 0 Å². The Morgan fingerprint density at radius 3 is 2.55 bits per heavy atom. The molecule has 0 saturated heterocycles. The maximum atomic E-state index is 12.2. The van der Waals surface area contributed by atoms with Crippen LogP contribution in [0.2, 0.25) is 0 Å². The zero-order valence-corrected chi connectivity index (χ0v) is 14.3. The van der Waals surface area contributed by atoms with Crippen molar-refractivity contribution in [1.29, 1.82) is 0 Å². The van der Waals surface area contributed by atoms with Gasteiger partial charge in [0.2, 0.25) is 11.8 Å². The summed E-state index contributed by atoms with van der Waals surface area (Å²) in [6.07, 6.45) is 0. The molecule has 0 fully saturated rings. The first-order valence-corrected chi connectivity index (χ1v) is 7.98. The molecular formula is C16H21N3O2S. The van der Waals surface area contributed by atoms with E-state index in [0.29, 0.717) is 5.13 Å². The van der Waals surface area contributed by atoms with Crippen LogP contribution in [0.4, 0.5) is 5.13 Å². The molecule has 0 spiro atoms. The largest absolute Gasteiger partial charge is 0.344 e. The van der Waals surface area contributed by atoms with E-state index >= 15 is 0 Å². The minimum absolute atomic E-state index is 0.157. The molecule has 6 heteroatoms. The molecule has 2 N–H and O–H groups in total. The molecule has 0 bridgehead atoms. The molecule has 1 aromatic carbocycles. The summed E-state index contributed by atoms with van der Waals surface area (Å²) in [7, 11) is 0. The second kappa shape index (κ2) is 6.04. The second-order valence-electron chi connectivity index (χ2n) is 6.38. The lowest BCUT2D eigenvalue weighted by atomic mass is 9.95. The first kappa shape index (κ1) is 16.4. The Kier molecular flexibility index (Phi) is 4.51. The number of aromatic nitrogens is 1. The fourth-order valence-electron chi connectivity index (χ4n) is 1.83. The quantitative estimate of drug-likeness (QED) is 0.913. The highest BCUT2D eigenvalue weighted by Gasteiger charge is 2.25. The van der Waals surface area contributed by atoms with Crippen molar-refractivity contribution in [2.24, 2.45) is 5.41 Å². The third-order valence-corrected chi connectivity index (χ3v) is 4.21. The Labute approximate surface area is 134 Å². The zero-order valence-electron chi connectivity index (χ0n) is 13.5. The summed E-state index contributed by atoms with van der Waals surface area (Å²) >= 11 is 1.43. The molecule has 5 nitrogen and oxygen atoms in total. The van der Waals surface area contributed by atoms with E-state index in [1.165, 1.54) is 11.3 Å². The molecule has 2 aromatic rings. The number of nitrogens with one attached hydrogen (secondary N) is 2. The Balaban J connectivity index is 2.07. The van der Waals surface area contributed by atoms with Gasteiger partial charge in [0.25, 0.3) is 0 Å². The Morgan fingerprint density at radius 2 is 1.95 bits per heavy atom. The molecule has 0 aliphatic carbocycles. The van der Waals surface area contributed by atoms with Crippen molar-refractivity contribution in [1.82, 2.24) is 10.3 Å². The fourth-order valence-corrected chi connectivity index (χ4v) is 2.78. The van der Waals surface area contributed by atoms with Gasteiger partial charge in [0, 0.05) is 5.41 Å². The van der Waals surface area contributed by atoms with E-state index < -0.39 is 11.5 Å². The molecule has 1 atom stereocenters. The van der Waals surface area contributed by atoms with Gasteiger partial charge in [-0.25, -0.2) is 4.98 Å². The number of carbonyl (C=O) groups excluding carboxylic acids is 2. The predicted molar refractivity (Wildman–Crippen MR) is 90.0 cm³/mol. The van der Waals surface area contributed by atoms with Crippen LogP contribution in [0, 0.1) is 12.3 Å². The topological polar surface area (TPSA) is 71.1 Å². The number of benzene rings is 1. The van der Waals surface area contributed by atoms with Crippen molar-refractivity contribution in [2.75, 3.05) is 5.32 Å². The maximum absolute atomic E-state index is 12.2. The van der Waals surface area contributed by atoms with Crippen LogP contribution in [-0.4, -0.2) is 22.8 Å². The normalized spacial score (nSPS) is 13.0. The monoisotopic (exact) mass is 319 g/mol. The van der Waals surface area contributed by atoms with Crippen molar-refractivity contribution < 1.29 is 9.59 Å². The fraction of sp³-hybridized carbons (Fsp3) is 0.438. The van der Waals surface area contributed by atoms with Gasteiger partial charge in [-0.1, -0.05) is 44.2 Å². The molecule has 0 aliphatic heterocycles. The number of nitrogens with zero attached hydrogens (tertiary/aromatic N) is 1. The maximum Gasteiger partial charge on any atom is 0.248 e. The van der Waals surface area contributed by atoms with Crippen LogP contribution in [0.25, 0.3) is 10.2 Å². The lowest BCUT2D eigenvalue weighted by molar-refractivity contribution is -0.131. The summed E-state index contributed by atoms with van der Waals surface area (Å²) in [5.74, 6) is -0.426. The van der Waals surface area contributed by atoms with Crippen LogP contribution in [0.15, 0.2) is 18.2 Å². The number of thiazole rings is 1. The van der Waals surface area contributed by atoms with Crippen molar-refractivity contribution in [2.45, 2.75) is 40.7 Å². The Bertz CT molecular complexity index is 716. The second-order valence-corrected chi connectivity index (χ2v) is 7.41. The summed E-state index contributed by atoms with van der Waals surface area (Å²) in [6.45, 7) is 9.08. The van der Waals surface area contributed by atoms with Gasteiger partial charge in [-0.3, -0.25) is 9.59 Å². The Hall–Kier alpha value is -1.95. The van der Waals surface area contributed by atoms with Gasteiger partial charge in [0.1, 0.15) is 6.04 Å². The van der Waals surface area contributed by atoms with Crippen molar-refractivity contribution in [3.05, 3.63) is 23.8 Å². The van der Waals surface area contributed by atoms with Gasteiger partial charge in [-0.2, -0.15) is 0 Å². The van der Waals surface area contributed by atoms with Crippen molar-refractivity contribution in [3.8, 4) is 0 Å². The molecule has 1 heterocycles. The molecule has 0 radical (unpaired) electrons. The molecule has 1 aromatic heterocycles. The summed E-state index contributed by atoms with van der Waals surface area (Å²) < 4.78 is 1.03. The van der Waals surface area contributed by atoms with E-state index in [2.05, 4.69) is 15.6 Å². The molecule has 0 saturated carbocycles. The summed E-state index contributed by atoms with van der Waals surface area (Å²) in [5.41, 5.74) is 1.44. The van der Waals surface area contributed by atoms with Gasteiger partial charge < -0.3 is 10.6 Å². The number of para-hydroxylation sites is 1. The summed E-state index contributed by atoms with van der Waals surface area (Å²) in [5, 5.41) is 6.03. The number of amides is 2. The van der Waals surface area contributed by atoms with Crippen LogP contribution >= 0.6 is 11.3 Å². The highest BCUT2D eigenvalue weighted by molar-refractivity contribution is 7.22. The smallest absolute Gasteiger partial charge is 0.248 e. The van der Waals surface area contributed by atoms with Crippen LogP contribution in [-0.2, 0) is 9.59 Å². The van der Waals surface area contributed by atoms with Crippen LogP contribution in [0.3, 0.4) is 0 Å². The van der Waals surface area contributed by atoms with E-state index in [0.717, 1.165) is 15.8 Å². The first-order chi connectivity index (χ1) is 10.2. The van der Waals surface area contributed by atoms with Gasteiger partial charge in [-0.15, -0.1) is 0 Å². The van der Waals surface area contributed by atoms with Crippen LogP contribution in [0.1, 0.15) is 33.3 Å². The van der Waals surface area contributed by atoms with Crippen LogP contribution in [0.5, 0.6) is 0 Å². The number of fused-ring (bicyclic) bond motifs is 1. The number of rotatable bonds is 3. The van der Waals surface area contributed by atoms with E-state index in [1.807, 2.05) is 45.9 Å². The third kappa shape index (κ3) is 3.62. The number of anilines is 1. The number of hydrogen-bond donors (Lipinski definition) is 2. The lowest BCUT2D eigenvalue weighted by Crippen LogP contribution is -2.46. The van der Waals surface area contributed by atoms with E-state index in [-0.39, 0.29) is 11.8 Å². The molecule has 0 aliphatic rings. The Morgan fingerprint density at radius 1 is 1.27 bits per heavy atom. The number of hydrogen-bond acceptors (Lipinski definition) is 4. The minimum atomic E-state index is -0.611. The molecule has 118 valence electrons. The minimum Gasteiger partial charge on any atom is -0.344 e. The van der Waals surface area contributed by atoms with Gasteiger partial charge in [0.15, 0.2) is 5.13 Å². The predicted octanol–water partition coefficient (Wildman–Crippen LogP) is 3.09. The van der Waals surface area contributed by atoms with Crippen molar-refractivity contribution >= 4 is 38.5 Å². The summed E-state index contributed by atoms with van der Waals surface area (Å²) in [4.78, 5) is 28.5.